The highest BCUT2D eigenvalue weighted by atomic mass is 16.5. The van der Waals surface area contributed by atoms with Crippen molar-refractivity contribution in [2.75, 3.05) is 0 Å². The van der Waals surface area contributed by atoms with Gasteiger partial charge in [0.2, 0.25) is 0 Å². The fourth-order valence-electron chi connectivity index (χ4n) is 2.96. The molecular formula is C14H18N4O2. The van der Waals surface area contributed by atoms with Crippen LogP contribution in [0.2, 0.25) is 0 Å². The number of carbonyl (C=O) groups excluding carboxylic acids is 1. The molecular weight excluding hydrogens is 256 g/mol. The number of aromatic nitrogens is 2. The fourth-order valence-corrected chi connectivity index (χ4v) is 2.96. The van der Waals surface area contributed by atoms with Crippen LogP contribution in [-0.2, 0) is 11.2 Å². The molecule has 1 aliphatic carbocycles. The average Bonchev–Trinajstić information content (AvgIpc) is 2.76. The molecule has 1 saturated carbocycles. The number of fused-ring (bicyclic) bond motifs is 1. The van der Waals surface area contributed by atoms with Crippen molar-refractivity contribution in [2.24, 2.45) is 5.92 Å². The van der Waals surface area contributed by atoms with Crippen molar-refractivity contribution in [3.8, 4) is 6.07 Å². The Morgan fingerprint density at radius 2 is 2.25 bits per heavy atom. The van der Waals surface area contributed by atoms with Gasteiger partial charge in [-0.25, -0.2) is 0 Å². The molecule has 1 aromatic heterocycles. The quantitative estimate of drug-likeness (QED) is 0.854. The lowest BCUT2D eigenvalue weighted by atomic mass is 9.81. The third-order valence-electron chi connectivity index (χ3n) is 4.10. The molecule has 2 N–H and O–H groups in total. The molecule has 0 bridgehead atoms. The van der Waals surface area contributed by atoms with Crippen molar-refractivity contribution in [3.63, 3.8) is 0 Å². The van der Waals surface area contributed by atoms with Crippen LogP contribution in [-0.4, -0.2) is 28.3 Å². The van der Waals surface area contributed by atoms with Gasteiger partial charge < -0.3 is 10.1 Å². The summed E-state index contributed by atoms with van der Waals surface area (Å²) in [5, 5.41) is 18.8. The minimum atomic E-state index is -0.148. The number of H-pyrrole nitrogens is 1. The molecule has 0 radical (unpaired) electrons. The highest BCUT2D eigenvalue weighted by Crippen LogP contribution is 2.31. The van der Waals surface area contributed by atoms with Crippen LogP contribution in [0.15, 0.2) is 0 Å². The van der Waals surface area contributed by atoms with Crippen molar-refractivity contribution in [3.05, 3.63) is 17.0 Å². The SMILES string of the molecule is C[C@@H]1Cc2c(C(=O)NC3CC(C#N)C3)n[nH]c2[C@H](C)O1. The lowest BCUT2D eigenvalue weighted by Crippen LogP contribution is -2.44. The number of rotatable bonds is 2. The Hall–Kier alpha value is -1.87. The standard InChI is InChI=1S/C14H18N4O2/c1-7-3-11-12(8(2)20-7)17-18-13(11)14(19)16-10-4-9(5-10)6-15/h7-10H,3-5H2,1-2H3,(H,16,19)(H,17,18)/t7-,8+,9?,10?/m1/s1. The number of carbonyl (C=O) groups is 1. The fraction of sp³-hybridized carbons (Fsp3) is 0.643. The lowest BCUT2D eigenvalue weighted by Gasteiger charge is -2.31. The number of nitrogens with one attached hydrogen (secondary N) is 2. The van der Waals surface area contributed by atoms with Crippen molar-refractivity contribution in [1.82, 2.24) is 15.5 Å². The van der Waals surface area contributed by atoms with Gasteiger partial charge in [-0.05, 0) is 26.7 Å². The molecule has 0 aromatic carbocycles. The molecule has 2 heterocycles. The van der Waals surface area contributed by atoms with Crippen LogP contribution in [0.5, 0.6) is 0 Å². The third-order valence-corrected chi connectivity index (χ3v) is 4.10. The normalized spacial score (nSPS) is 31.9. The first-order chi connectivity index (χ1) is 9.58. The zero-order valence-electron chi connectivity index (χ0n) is 11.6. The molecule has 1 fully saturated rings. The van der Waals surface area contributed by atoms with Crippen LogP contribution in [0.25, 0.3) is 0 Å². The second-order valence-electron chi connectivity index (χ2n) is 5.73. The minimum absolute atomic E-state index is 0.0607. The number of nitriles is 1. The molecule has 2 atom stereocenters. The number of hydrogen-bond acceptors (Lipinski definition) is 4. The maximum Gasteiger partial charge on any atom is 0.272 e. The van der Waals surface area contributed by atoms with Gasteiger partial charge in [-0.2, -0.15) is 10.4 Å². The van der Waals surface area contributed by atoms with Gasteiger partial charge in [0.25, 0.3) is 5.91 Å². The predicted octanol–water partition coefficient (Wildman–Crippen LogP) is 1.46. The maximum atomic E-state index is 12.3. The van der Waals surface area contributed by atoms with E-state index in [1.165, 1.54) is 0 Å². The van der Waals surface area contributed by atoms with Crippen molar-refractivity contribution >= 4 is 5.91 Å². The molecule has 1 amide bonds. The molecule has 0 spiro atoms. The van der Waals surface area contributed by atoms with Crippen LogP contribution in [0.4, 0.5) is 0 Å². The Kier molecular flexibility index (Phi) is 3.22. The summed E-state index contributed by atoms with van der Waals surface area (Å²) in [5.74, 6) is -0.0629. The highest BCUT2D eigenvalue weighted by Gasteiger charge is 2.33. The zero-order valence-corrected chi connectivity index (χ0v) is 11.6. The van der Waals surface area contributed by atoms with Crippen LogP contribution in [0.3, 0.4) is 0 Å². The first kappa shape index (κ1) is 13.1. The van der Waals surface area contributed by atoms with Crippen LogP contribution < -0.4 is 5.32 Å². The average molecular weight is 274 g/mol. The van der Waals surface area contributed by atoms with E-state index in [9.17, 15) is 4.79 Å². The number of ether oxygens (including phenoxy) is 1. The molecule has 0 saturated heterocycles. The molecule has 1 aliphatic heterocycles. The second kappa shape index (κ2) is 4.91. The highest BCUT2D eigenvalue weighted by molar-refractivity contribution is 5.94. The molecule has 0 unspecified atom stereocenters. The summed E-state index contributed by atoms with van der Waals surface area (Å²) in [5.41, 5.74) is 2.34. The summed E-state index contributed by atoms with van der Waals surface area (Å²) in [6, 6.07) is 2.32. The van der Waals surface area contributed by atoms with Gasteiger partial charge in [0.15, 0.2) is 5.69 Å². The van der Waals surface area contributed by atoms with Crippen LogP contribution in [0.1, 0.15) is 54.5 Å². The van der Waals surface area contributed by atoms with Gasteiger partial charge in [0.05, 0.1) is 29.9 Å². The smallest absolute Gasteiger partial charge is 0.272 e. The predicted molar refractivity (Wildman–Crippen MR) is 70.8 cm³/mol. The number of nitrogens with zero attached hydrogens (tertiary/aromatic N) is 2. The summed E-state index contributed by atoms with van der Waals surface area (Å²) < 4.78 is 5.71. The number of amides is 1. The molecule has 2 aliphatic rings. The largest absolute Gasteiger partial charge is 0.369 e. The van der Waals surface area contributed by atoms with Crippen molar-refractivity contribution < 1.29 is 9.53 Å². The minimum Gasteiger partial charge on any atom is -0.369 e. The van der Waals surface area contributed by atoms with Gasteiger partial charge in [-0.15, -0.1) is 0 Å². The summed E-state index contributed by atoms with van der Waals surface area (Å²) in [6.07, 6.45) is 2.21. The molecule has 106 valence electrons. The Bertz CT molecular complexity index is 568. The van der Waals surface area contributed by atoms with E-state index in [-0.39, 0.29) is 30.1 Å². The van der Waals surface area contributed by atoms with E-state index in [1.807, 2.05) is 13.8 Å². The molecule has 3 rings (SSSR count). The first-order valence-electron chi connectivity index (χ1n) is 7.01. The lowest BCUT2D eigenvalue weighted by molar-refractivity contribution is -0.00697. The van der Waals surface area contributed by atoms with E-state index in [0.29, 0.717) is 12.1 Å². The molecule has 6 heteroatoms. The van der Waals surface area contributed by atoms with E-state index in [0.717, 1.165) is 24.1 Å². The monoisotopic (exact) mass is 274 g/mol. The van der Waals surface area contributed by atoms with Crippen LogP contribution >= 0.6 is 0 Å². The Morgan fingerprint density at radius 1 is 1.50 bits per heavy atom. The van der Waals surface area contributed by atoms with Gasteiger partial charge in [-0.3, -0.25) is 9.89 Å². The molecule has 6 nitrogen and oxygen atoms in total. The molecule has 20 heavy (non-hydrogen) atoms. The summed E-state index contributed by atoms with van der Waals surface area (Å²) in [4.78, 5) is 12.3. The summed E-state index contributed by atoms with van der Waals surface area (Å²) in [6.45, 7) is 3.95. The molecule has 1 aromatic rings. The van der Waals surface area contributed by atoms with Gasteiger partial charge in [-0.1, -0.05) is 0 Å². The summed E-state index contributed by atoms with van der Waals surface area (Å²) >= 11 is 0. The number of aromatic amines is 1. The maximum absolute atomic E-state index is 12.3. The van der Waals surface area contributed by atoms with E-state index in [1.54, 1.807) is 0 Å². The Balaban J connectivity index is 1.72. The third kappa shape index (κ3) is 2.18. The Labute approximate surface area is 117 Å². The van der Waals surface area contributed by atoms with Gasteiger partial charge in [0, 0.05) is 18.0 Å². The summed E-state index contributed by atoms with van der Waals surface area (Å²) in [7, 11) is 0. The Morgan fingerprint density at radius 3 is 2.95 bits per heavy atom. The number of hydrogen-bond donors (Lipinski definition) is 2. The van der Waals surface area contributed by atoms with E-state index < -0.39 is 0 Å². The topological polar surface area (TPSA) is 90.8 Å². The van der Waals surface area contributed by atoms with E-state index >= 15 is 0 Å². The van der Waals surface area contributed by atoms with E-state index in [2.05, 4.69) is 21.6 Å². The second-order valence-corrected chi connectivity index (χ2v) is 5.73. The first-order valence-corrected chi connectivity index (χ1v) is 7.01. The zero-order chi connectivity index (χ0) is 14.3. The van der Waals surface area contributed by atoms with E-state index in [4.69, 9.17) is 10.00 Å². The van der Waals surface area contributed by atoms with Crippen molar-refractivity contribution in [1.29, 1.82) is 5.26 Å². The van der Waals surface area contributed by atoms with Gasteiger partial charge >= 0.3 is 0 Å². The van der Waals surface area contributed by atoms with Crippen LogP contribution in [0, 0.1) is 17.2 Å². The van der Waals surface area contributed by atoms with Crippen molar-refractivity contribution in [2.45, 2.75) is 51.4 Å². The van der Waals surface area contributed by atoms with Gasteiger partial charge in [0.1, 0.15) is 0 Å².